The second-order valence-electron chi connectivity index (χ2n) is 1.86. The molecule has 1 rings (SSSR count). The van der Waals surface area contributed by atoms with Gasteiger partial charge in [0.15, 0.2) is 0 Å². The first-order chi connectivity index (χ1) is 5.04. The summed E-state index contributed by atoms with van der Waals surface area (Å²) in [5, 5.41) is 18.5. The van der Waals surface area contributed by atoms with Crippen LogP contribution in [0.5, 0.6) is 11.5 Å². The monoisotopic (exact) mass is 488 g/mol. The average Bonchev–Trinajstić information content (AvgIpc) is 1.97. The maximum Gasteiger partial charge on any atom is 0.133 e. The first-order valence-corrected chi connectivity index (χ1v) is 5.83. The van der Waals surface area contributed by atoms with E-state index < -0.39 is 0 Å². The van der Waals surface area contributed by atoms with Crippen molar-refractivity contribution in [1.29, 1.82) is 0 Å². The summed E-state index contributed by atoms with van der Waals surface area (Å²) in [5.74, 6) is 0.265. The van der Waals surface area contributed by atoms with Gasteiger partial charge in [0.1, 0.15) is 11.5 Å². The van der Waals surface area contributed by atoms with Crippen molar-refractivity contribution < 1.29 is 10.2 Å². The normalized spacial score (nSPS) is 10.1. The summed E-state index contributed by atoms with van der Waals surface area (Å²) in [7, 11) is 0. The van der Waals surface area contributed by atoms with Gasteiger partial charge < -0.3 is 10.2 Å². The van der Waals surface area contributed by atoms with Crippen molar-refractivity contribution in [2.45, 2.75) is 0 Å². The second kappa shape index (κ2) is 3.81. The Morgan fingerprint density at radius 1 is 0.818 bits per heavy atom. The summed E-state index contributed by atoms with van der Waals surface area (Å²) in [5.41, 5.74) is 0. The second-order valence-corrected chi connectivity index (χ2v) is 5.09. The lowest BCUT2D eigenvalue weighted by molar-refractivity contribution is 0.444. The van der Waals surface area contributed by atoms with E-state index in [1.165, 1.54) is 6.07 Å². The topological polar surface area (TPSA) is 40.5 Å². The molecular weight excluding hydrogens is 485 g/mol. The number of halogens is 3. The molecule has 60 valence electrons. The number of rotatable bonds is 0. The molecule has 0 aliphatic rings. The quantitative estimate of drug-likeness (QED) is 0.436. The molecule has 0 amide bonds. The zero-order chi connectivity index (χ0) is 8.59. The van der Waals surface area contributed by atoms with Gasteiger partial charge >= 0.3 is 0 Å². The van der Waals surface area contributed by atoms with Crippen molar-refractivity contribution in [2.24, 2.45) is 0 Å². The highest BCUT2D eigenvalue weighted by molar-refractivity contribution is 14.1. The van der Waals surface area contributed by atoms with E-state index in [9.17, 15) is 10.2 Å². The number of hydrogen-bond donors (Lipinski definition) is 2. The lowest BCUT2D eigenvalue weighted by Gasteiger charge is -2.04. The van der Waals surface area contributed by atoms with Gasteiger partial charge in [0.05, 0.1) is 7.14 Å². The maximum absolute atomic E-state index is 9.23. The minimum atomic E-state index is 0.132. The number of hydrogen-bond acceptors (Lipinski definition) is 2. The van der Waals surface area contributed by atoms with E-state index >= 15 is 0 Å². The first kappa shape index (κ1) is 10.1. The van der Waals surface area contributed by atoms with Crippen LogP contribution in [0, 0.1) is 10.7 Å². The largest absolute Gasteiger partial charge is 0.507 e. The van der Waals surface area contributed by atoms with Crippen LogP contribution in [0.4, 0.5) is 0 Å². The van der Waals surface area contributed by atoms with Gasteiger partial charge in [-0.15, -0.1) is 0 Å². The zero-order valence-electron chi connectivity index (χ0n) is 5.11. The van der Waals surface area contributed by atoms with E-state index in [1.807, 2.05) is 45.2 Å². The SMILES string of the molecule is Oc1cc(O)c(I)c(I)c1I. The molecule has 0 aliphatic heterocycles. The third-order valence-corrected chi connectivity index (χ3v) is 6.44. The maximum atomic E-state index is 9.23. The van der Waals surface area contributed by atoms with E-state index in [2.05, 4.69) is 22.6 Å². The van der Waals surface area contributed by atoms with Crippen LogP contribution in [0.1, 0.15) is 0 Å². The Balaban J connectivity index is 3.46. The molecule has 0 spiro atoms. The molecule has 0 saturated carbocycles. The van der Waals surface area contributed by atoms with Gasteiger partial charge in [0.2, 0.25) is 0 Å². The van der Waals surface area contributed by atoms with Crippen LogP contribution >= 0.6 is 67.8 Å². The summed E-state index contributed by atoms with van der Waals surface area (Å²) in [4.78, 5) is 0. The molecule has 0 radical (unpaired) electrons. The van der Waals surface area contributed by atoms with E-state index in [0.717, 1.165) is 10.7 Å². The fourth-order valence-electron chi connectivity index (χ4n) is 0.577. The highest BCUT2D eigenvalue weighted by atomic mass is 127. The molecule has 0 unspecified atom stereocenters. The summed E-state index contributed by atoms with van der Waals surface area (Å²) in [6, 6.07) is 1.35. The summed E-state index contributed by atoms with van der Waals surface area (Å²) in [6.07, 6.45) is 0. The van der Waals surface area contributed by atoms with E-state index in [-0.39, 0.29) is 11.5 Å². The highest BCUT2D eigenvalue weighted by Gasteiger charge is 2.10. The van der Waals surface area contributed by atoms with Gasteiger partial charge in [-0.2, -0.15) is 0 Å². The minimum absolute atomic E-state index is 0.132. The Kier molecular flexibility index (Phi) is 3.50. The molecule has 2 nitrogen and oxygen atoms in total. The molecule has 0 bridgehead atoms. The van der Waals surface area contributed by atoms with Gasteiger partial charge in [-0.05, 0) is 67.8 Å². The molecule has 5 heteroatoms. The summed E-state index contributed by atoms with van der Waals surface area (Å²) in [6.45, 7) is 0. The van der Waals surface area contributed by atoms with Crippen molar-refractivity contribution in [2.75, 3.05) is 0 Å². The standard InChI is InChI=1S/C6H3I3O2/c7-4-2(10)1-3(11)5(8)6(4)9/h1,10-11H. The molecule has 2 N–H and O–H groups in total. The molecule has 0 saturated heterocycles. The van der Waals surface area contributed by atoms with E-state index in [1.54, 1.807) is 0 Å². The van der Waals surface area contributed by atoms with Crippen molar-refractivity contribution in [3.63, 3.8) is 0 Å². The fraction of sp³-hybridized carbons (Fsp3) is 0. The van der Waals surface area contributed by atoms with Gasteiger partial charge in [-0.1, -0.05) is 0 Å². The number of aromatic hydroxyl groups is 2. The minimum Gasteiger partial charge on any atom is -0.507 e. The van der Waals surface area contributed by atoms with Crippen molar-refractivity contribution in [3.8, 4) is 11.5 Å². The molecule has 0 aromatic heterocycles. The van der Waals surface area contributed by atoms with Crippen molar-refractivity contribution >= 4 is 67.8 Å². The van der Waals surface area contributed by atoms with E-state index in [0.29, 0.717) is 0 Å². The lowest BCUT2D eigenvalue weighted by Crippen LogP contribution is -1.86. The number of benzene rings is 1. The van der Waals surface area contributed by atoms with Gasteiger partial charge in [-0.25, -0.2) is 0 Å². The van der Waals surface area contributed by atoms with Crippen LogP contribution in [-0.4, -0.2) is 10.2 Å². The zero-order valence-corrected chi connectivity index (χ0v) is 11.6. The van der Waals surface area contributed by atoms with Crippen LogP contribution < -0.4 is 0 Å². The predicted molar refractivity (Wildman–Crippen MR) is 67.9 cm³/mol. The fourth-order valence-corrected chi connectivity index (χ4v) is 2.50. The van der Waals surface area contributed by atoms with Crippen LogP contribution in [-0.2, 0) is 0 Å². The molecular formula is C6H3I3O2. The predicted octanol–water partition coefficient (Wildman–Crippen LogP) is 2.91. The number of phenols is 2. The molecule has 1 aromatic carbocycles. The lowest BCUT2D eigenvalue weighted by atomic mass is 10.3. The van der Waals surface area contributed by atoms with Gasteiger partial charge in [0, 0.05) is 9.64 Å². The Bertz CT molecular complexity index is 272. The highest BCUT2D eigenvalue weighted by Crippen LogP contribution is 2.34. The van der Waals surface area contributed by atoms with Crippen LogP contribution in [0.2, 0.25) is 0 Å². The Morgan fingerprint density at radius 3 is 1.55 bits per heavy atom. The molecule has 0 aliphatic carbocycles. The van der Waals surface area contributed by atoms with Crippen LogP contribution in [0.25, 0.3) is 0 Å². The Hall–Kier alpha value is 1.01. The Labute approximate surface area is 105 Å². The summed E-state index contributed by atoms with van der Waals surface area (Å²) < 4.78 is 2.46. The number of phenolic OH excluding ortho intramolecular Hbond substituents is 2. The third-order valence-electron chi connectivity index (χ3n) is 1.11. The van der Waals surface area contributed by atoms with Gasteiger partial charge in [-0.3, -0.25) is 0 Å². The molecule has 11 heavy (non-hydrogen) atoms. The van der Waals surface area contributed by atoms with Crippen molar-refractivity contribution in [1.82, 2.24) is 0 Å². The molecule has 0 heterocycles. The molecule has 0 atom stereocenters. The van der Waals surface area contributed by atoms with Gasteiger partial charge in [0.25, 0.3) is 0 Å². The smallest absolute Gasteiger partial charge is 0.133 e. The Morgan fingerprint density at radius 2 is 1.18 bits per heavy atom. The van der Waals surface area contributed by atoms with Crippen LogP contribution in [0.3, 0.4) is 0 Å². The third kappa shape index (κ3) is 2.02. The summed E-state index contributed by atoms with van der Waals surface area (Å²) >= 11 is 6.16. The molecule has 0 fully saturated rings. The average molecular weight is 488 g/mol. The van der Waals surface area contributed by atoms with E-state index in [4.69, 9.17) is 0 Å². The first-order valence-electron chi connectivity index (χ1n) is 2.59. The van der Waals surface area contributed by atoms with Crippen LogP contribution in [0.15, 0.2) is 6.07 Å². The van der Waals surface area contributed by atoms with Crippen molar-refractivity contribution in [3.05, 3.63) is 16.8 Å². The molecule has 1 aromatic rings.